The fourth-order valence-electron chi connectivity index (χ4n) is 7.44. The molecule has 0 atom stereocenters. The number of carbonyl (C=O) groups excluding carboxylic acids is 1. The van der Waals surface area contributed by atoms with Crippen molar-refractivity contribution in [2.75, 3.05) is 19.5 Å². The molecule has 0 aliphatic carbocycles. The molecule has 1 amide bonds. The number of anilines is 1. The van der Waals surface area contributed by atoms with Gasteiger partial charge in [0.15, 0.2) is 5.75 Å². The van der Waals surface area contributed by atoms with E-state index in [1.165, 1.54) is 44.6 Å². The van der Waals surface area contributed by atoms with Crippen molar-refractivity contribution in [3.63, 3.8) is 0 Å². The number of aliphatic imine (C=N–C) groups is 1. The van der Waals surface area contributed by atoms with Gasteiger partial charge in [-0.15, -0.1) is 5.11 Å². The van der Waals surface area contributed by atoms with Crippen molar-refractivity contribution < 1.29 is 55.5 Å². The van der Waals surface area contributed by atoms with Crippen LogP contribution in [0.25, 0.3) is 21.5 Å². The molecule has 23 heteroatoms. The third kappa shape index (κ3) is 13.6. The Hall–Kier alpha value is -6.72. The molecule has 75 heavy (non-hydrogen) atoms. The third-order valence-electron chi connectivity index (χ3n) is 11.2. The fourth-order valence-corrected chi connectivity index (χ4v) is 9.54. The van der Waals surface area contributed by atoms with Crippen LogP contribution in [0.15, 0.2) is 169 Å². The topological polar surface area (TPSA) is 284 Å². The predicted molar refractivity (Wildman–Crippen MR) is 285 cm³/mol. The number of amides is 1. The number of aryl methyl sites for hydroxylation is 2. The number of hydrogen-bond donors (Lipinski definition) is 4. The fraction of sp³-hybridized carbons (Fsp3) is 0.115. The van der Waals surface area contributed by atoms with Crippen molar-refractivity contribution >= 4 is 149 Å². The number of fused-ring (bicyclic) bond motifs is 2. The van der Waals surface area contributed by atoms with Gasteiger partial charge in [0, 0.05) is 28.6 Å². The van der Waals surface area contributed by atoms with Crippen molar-refractivity contribution in [1.82, 2.24) is 0 Å². The summed E-state index contributed by atoms with van der Waals surface area (Å²) in [5, 5.41) is 58.7. The van der Waals surface area contributed by atoms with Crippen LogP contribution < -0.4 is 25.0 Å². The number of azo groups is 2. The molecule has 0 aliphatic rings. The maximum atomic E-state index is 13.4. The van der Waals surface area contributed by atoms with Crippen LogP contribution in [0.2, 0.25) is 10.0 Å². The number of nitrogens with zero attached hydrogens (tertiary/aromatic N) is 5. The van der Waals surface area contributed by atoms with Gasteiger partial charge in [-0.1, -0.05) is 103 Å². The second-order valence-corrected chi connectivity index (χ2v) is 19.4. The van der Waals surface area contributed by atoms with Gasteiger partial charge >= 0.3 is 37.7 Å². The van der Waals surface area contributed by atoms with E-state index in [1.807, 2.05) is 0 Å². The standard InChI is InChI=1S/2C26H22ClN3O6S.Ca/c2*1-3-15-12-23(37(33,34)35)21(27)14-22(15)29-30-24-19-10-5-4-7-16(19)11-20(25(24)31)26(32)28-17-8-6-9-18(13-17)36-2;/h2*4-14,31H,3H2,1-2H3,(H,28,32)(H,33,34,35);/q;;+2/p-2. The van der Waals surface area contributed by atoms with Gasteiger partial charge in [-0.2, -0.15) is 32.2 Å². The molecule has 4 N–H and O–H groups in total. The Morgan fingerprint density at radius 3 is 1.63 bits per heavy atom. The molecule has 0 radical (unpaired) electrons. The second-order valence-electron chi connectivity index (χ2n) is 15.8. The van der Waals surface area contributed by atoms with Crippen LogP contribution in [0, 0.1) is 0 Å². The molecule has 0 bridgehead atoms. The number of hydrogen-bond acceptors (Lipinski definition) is 15. The first-order chi connectivity index (χ1) is 35.2. The molecule has 8 rings (SSSR count). The second kappa shape index (κ2) is 24.7. The van der Waals surface area contributed by atoms with Crippen molar-refractivity contribution in [2.24, 2.45) is 25.4 Å². The molecule has 8 aromatic carbocycles. The molecule has 380 valence electrons. The number of aromatic hydroxyl groups is 1. The molecule has 0 aliphatic heterocycles. The Labute approximate surface area is 470 Å². The first-order valence-electron chi connectivity index (χ1n) is 22.0. The average molecular weight is 1120 g/mol. The summed E-state index contributed by atoms with van der Waals surface area (Å²) in [5.41, 5.74) is 1.88. The van der Waals surface area contributed by atoms with Crippen molar-refractivity contribution in [1.29, 1.82) is 0 Å². The largest absolute Gasteiger partial charge is 2.00 e. The minimum atomic E-state index is -4.54. The van der Waals surface area contributed by atoms with Crippen molar-refractivity contribution in [2.45, 2.75) is 36.5 Å². The third-order valence-corrected chi connectivity index (χ3v) is 13.8. The Morgan fingerprint density at radius 2 is 1.11 bits per heavy atom. The predicted octanol–water partition coefficient (Wildman–Crippen LogP) is 11.5. The molecule has 8 aromatic rings. The van der Waals surface area contributed by atoms with Gasteiger partial charge in [-0.25, -0.2) is 0 Å². The van der Waals surface area contributed by atoms with Crippen molar-refractivity contribution in [3.8, 4) is 23.0 Å². The zero-order chi connectivity index (χ0) is 53.5. The first kappa shape index (κ1) is 57.6. The van der Waals surface area contributed by atoms with Crippen LogP contribution in [-0.4, -0.2) is 94.8 Å². The molecule has 0 fully saturated rings. The van der Waals surface area contributed by atoms with Crippen LogP contribution in [0.3, 0.4) is 0 Å². The monoisotopic (exact) mass is 1120 g/mol. The quantitative estimate of drug-likeness (QED) is 0.0260. The van der Waals surface area contributed by atoms with Crippen LogP contribution in [0.5, 0.6) is 23.0 Å². The summed E-state index contributed by atoms with van der Waals surface area (Å²) in [6.07, 6.45) is 0.709. The van der Waals surface area contributed by atoms with E-state index in [9.17, 15) is 46.1 Å². The van der Waals surface area contributed by atoms with E-state index in [4.69, 9.17) is 32.7 Å². The molecule has 0 heterocycles. The molecule has 0 saturated heterocycles. The zero-order valence-electron chi connectivity index (χ0n) is 40.1. The summed E-state index contributed by atoms with van der Waals surface area (Å²) in [6, 6.07) is 35.2. The number of phenols is 1. The van der Waals surface area contributed by atoms with Crippen molar-refractivity contribution in [3.05, 3.63) is 166 Å². The van der Waals surface area contributed by atoms with Crippen LogP contribution >= 0.6 is 23.2 Å². The molecular formula is C52H42CaCl2N6O12S2. The van der Waals surface area contributed by atoms with E-state index in [0.717, 1.165) is 0 Å². The molecule has 0 unspecified atom stereocenters. The van der Waals surface area contributed by atoms with E-state index in [2.05, 4.69) is 30.8 Å². The SMILES string of the molecule is CCc1cc(S(=O)(=O)O)c(Cl)cc1N=Nc1c(O)c(C(=O)Nc2cccc(OC)c2)cc2ccccc12.CCc1cc(S(=O)(=O)O)c(Cl)cc1N=Nc1c([O-])c(C([O-])=Nc2cccc(OC)c2)cc2ccccc12.[Ca+2]. The zero-order valence-corrected chi connectivity index (χ0v) is 45.5. The summed E-state index contributed by atoms with van der Waals surface area (Å²) in [7, 11) is -6.06. The average Bonchev–Trinajstić information content (AvgIpc) is 3.37. The van der Waals surface area contributed by atoms with Gasteiger partial charge in [-0.3, -0.25) is 18.9 Å². The number of nitrogens with one attached hydrogen (secondary N) is 1. The summed E-state index contributed by atoms with van der Waals surface area (Å²) in [6.45, 7) is 3.52. The van der Waals surface area contributed by atoms with Gasteiger partial charge in [0.25, 0.3) is 26.1 Å². The maximum absolute atomic E-state index is 13.4. The number of ether oxygens (including phenoxy) is 2. The number of halogens is 2. The number of carbonyl (C=O) groups is 1. The summed E-state index contributed by atoms with van der Waals surface area (Å²) < 4.78 is 75.6. The van der Waals surface area contributed by atoms with Gasteiger partial charge in [0.05, 0.1) is 52.6 Å². The Balaban J connectivity index is 0.000000241. The summed E-state index contributed by atoms with van der Waals surface area (Å²) in [5.74, 6) is -1.31. The minimum absolute atomic E-state index is 0. The smallest absolute Gasteiger partial charge is 0.871 e. The molecule has 18 nitrogen and oxygen atoms in total. The normalized spacial score (nSPS) is 11.9. The Kier molecular flexibility index (Phi) is 19.0. The molecule has 0 spiro atoms. The summed E-state index contributed by atoms with van der Waals surface area (Å²) >= 11 is 12.1. The van der Waals surface area contributed by atoms with Crippen LogP contribution in [0.4, 0.5) is 34.1 Å². The van der Waals surface area contributed by atoms with Gasteiger partial charge in [0.2, 0.25) is 0 Å². The van der Waals surface area contributed by atoms with E-state index in [0.29, 0.717) is 68.4 Å². The molecule has 0 saturated carbocycles. The number of methoxy groups -OCH3 is 2. The first-order valence-corrected chi connectivity index (χ1v) is 25.6. The molecular weight excluding hydrogens is 1080 g/mol. The van der Waals surface area contributed by atoms with Gasteiger partial charge in [-0.05, 0) is 107 Å². The number of rotatable bonds is 14. The van der Waals surface area contributed by atoms with E-state index >= 15 is 0 Å². The van der Waals surface area contributed by atoms with E-state index in [1.54, 1.807) is 117 Å². The number of phenolic OH excluding ortho intramolecular Hbond substituents is 1. The molecule has 0 aromatic heterocycles. The minimum Gasteiger partial charge on any atom is -0.871 e. The van der Waals surface area contributed by atoms with E-state index in [-0.39, 0.29) is 87.4 Å². The van der Waals surface area contributed by atoms with Gasteiger partial charge < -0.3 is 30.1 Å². The van der Waals surface area contributed by atoms with Crippen LogP contribution in [0.1, 0.15) is 40.9 Å². The number of benzene rings is 8. The maximum Gasteiger partial charge on any atom is 2.00 e. The summed E-state index contributed by atoms with van der Waals surface area (Å²) in [4.78, 5) is 16.3. The Morgan fingerprint density at radius 1 is 0.627 bits per heavy atom. The Bertz CT molecular complexity index is 3830. The van der Waals surface area contributed by atoms with E-state index < -0.39 is 47.6 Å². The van der Waals surface area contributed by atoms with Gasteiger partial charge in [0.1, 0.15) is 27.0 Å². The van der Waals surface area contributed by atoms with Crippen LogP contribution in [-0.2, 0) is 33.1 Å².